The van der Waals surface area contributed by atoms with Crippen molar-refractivity contribution in [2.75, 3.05) is 5.73 Å². The molecule has 0 bridgehead atoms. The highest BCUT2D eigenvalue weighted by Crippen LogP contribution is 2.22. The van der Waals surface area contributed by atoms with Gasteiger partial charge in [-0.2, -0.15) is 0 Å². The van der Waals surface area contributed by atoms with Gasteiger partial charge in [0.15, 0.2) is 5.82 Å². The van der Waals surface area contributed by atoms with Gasteiger partial charge in [-0.05, 0) is 30.2 Å². The van der Waals surface area contributed by atoms with Crippen LogP contribution in [0.15, 0.2) is 18.2 Å². The van der Waals surface area contributed by atoms with E-state index in [9.17, 15) is 0 Å². The molecule has 0 aliphatic heterocycles. The summed E-state index contributed by atoms with van der Waals surface area (Å²) in [5.74, 6) is 0.481. The Morgan fingerprint density at radius 3 is 2.83 bits per heavy atom. The minimum absolute atomic E-state index is 0.481. The molecule has 0 saturated heterocycles. The van der Waals surface area contributed by atoms with Crippen molar-refractivity contribution in [2.24, 2.45) is 0 Å². The molecule has 1 heterocycles. The Bertz CT molecular complexity index is 551. The molecule has 2 rings (SSSR count). The number of aromatic nitrogens is 3. The van der Waals surface area contributed by atoms with Crippen LogP contribution in [0.1, 0.15) is 24.6 Å². The van der Waals surface area contributed by atoms with Gasteiger partial charge in [-0.15, -0.1) is 5.10 Å². The summed E-state index contributed by atoms with van der Waals surface area (Å²) < 4.78 is 1.77. The quantitative estimate of drug-likeness (QED) is 0.938. The number of rotatable bonds is 4. The van der Waals surface area contributed by atoms with Crippen LogP contribution in [0.25, 0.3) is 0 Å². The van der Waals surface area contributed by atoms with Gasteiger partial charge in [0.25, 0.3) is 0 Å². The third kappa shape index (κ3) is 2.76. The molecule has 1 aromatic carbocycles. The highest BCUT2D eigenvalue weighted by molar-refractivity contribution is 6.33. The molecule has 0 unspecified atom stereocenters. The normalized spacial score (nSPS) is 10.8. The lowest BCUT2D eigenvalue weighted by Gasteiger charge is -2.08. The average molecular weight is 285 g/mol. The van der Waals surface area contributed by atoms with Crippen LogP contribution in [0.5, 0.6) is 0 Å². The molecule has 0 aliphatic carbocycles. The van der Waals surface area contributed by atoms with Crippen molar-refractivity contribution in [3.05, 3.63) is 39.5 Å². The summed E-state index contributed by atoms with van der Waals surface area (Å²) in [5, 5.41) is 9.25. The van der Waals surface area contributed by atoms with Gasteiger partial charge in [0.1, 0.15) is 0 Å². The molecule has 0 aliphatic rings. The number of nitrogen functional groups attached to an aromatic ring is 1. The molecule has 6 heteroatoms. The van der Waals surface area contributed by atoms with E-state index in [1.54, 1.807) is 16.8 Å². The van der Waals surface area contributed by atoms with Crippen LogP contribution in [0.2, 0.25) is 10.0 Å². The molecule has 4 nitrogen and oxygen atoms in total. The highest BCUT2D eigenvalue weighted by Gasteiger charge is 2.11. The zero-order valence-electron chi connectivity index (χ0n) is 10.0. The summed E-state index contributed by atoms with van der Waals surface area (Å²) in [6.07, 6.45) is 1.83. The summed E-state index contributed by atoms with van der Waals surface area (Å²) >= 11 is 12.1. The van der Waals surface area contributed by atoms with Crippen molar-refractivity contribution < 1.29 is 0 Å². The van der Waals surface area contributed by atoms with Crippen molar-refractivity contribution >= 4 is 29.0 Å². The lowest BCUT2D eigenvalue weighted by atomic mass is 10.2. The van der Waals surface area contributed by atoms with Crippen molar-refractivity contribution in [3.8, 4) is 0 Å². The number of hydrogen-bond acceptors (Lipinski definition) is 3. The van der Waals surface area contributed by atoms with Gasteiger partial charge >= 0.3 is 0 Å². The van der Waals surface area contributed by atoms with Gasteiger partial charge in [-0.1, -0.05) is 41.8 Å². The molecular formula is C12H14Cl2N4. The Morgan fingerprint density at radius 1 is 1.33 bits per heavy atom. The molecule has 18 heavy (non-hydrogen) atoms. The Labute approximate surface area is 116 Å². The molecule has 0 radical (unpaired) electrons. The number of halogens is 2. The van der Waals surface area contributed by atoms with Gasteiger partial charge in [-0.25, -0.2) is 4.68 Å². The number of nitrogens with two attached hydrogens (primary N) is 1. The summed E-state index contributed by atoms with van der Waals surface area (Å²) in [6, 6.07) is 5.37. The Morgan fingerprint density at radius 2 is 2.11 bits per heavy atom. The fourth-order valence-corrected chi connectivity index (χ4v) is 2.16. The largest absolute Gasteiger partial charge is 0.381 e. The maximum absolute atomic E-state index is 6.13. The smallest absolute Gasteiger partial charge is 0.169 e. The van der Waals surface area contributed by atoms with E-state index < -0.39 is 0 Å². The summed E-state index contributed by atoms with van der Waals surface area (Å²) in [7, 11) is 0. The molecule has 2 aromatic rings. The number of benzene rings is 1. The van der Waals surface area contributed by atoms with Crippen molar-refractivity contribution in [3.63, 3.8) is 0 Å². The molecule has 1 aromatic heterocycles. The van der Waals surface area contributed by atoms with E-state index in [4.69, 9.17) is 28.9 Å². The first-order chi connectivity index (χ1) is 8.61. The van der Waals surface area contributed by atoms with E-state index in [1.807, 2.05) is 6.07 Å². The van der Waals surface area contributed by atoms with Gasteiger partial charge in [0, 0.05) is 10.0 Å². The lowest BCUT2D eigenvalue weighted by molar-refractivity contribution is 0.613. The third-order valence-electron chi connectivity index (χ3n) is 2.68. The zero-order chi connectivity index (χ0) is 13.1. The first kappa shape index (κ1) is 13.2. The first-order valence-corrected chi connectivity index (χ1v) is 6.49. The molecule has 0 fully saturated rings. The summed E-state index contributed by atoms with van der Waals surface area (Å²) in [6.45, 7) is 2.61. The van der Waals surface area contributed by atoms with Crippen LogP contribution in [0.3, 0.4) is 0 Å². The fraction of sp³-hybridized carbons (Fsp3) is 0.333. The van der Waals surface area contributed by atoms with Crippen LogP contribution in [0, 0.1) is 0 Å². The minimum atomic E-state index is 0.481. The Hall–Kier alpha value is -1.26. The molecule has 0 amide bonds. The number of hydrogen-bond donors (Lipinski definition) is 1. The summed E-state index contributed by atoms with van der Waals surface area (Å²) in [5.41, 5.74) is 7.64. The van der Waals surface area contributed by atoms with Crippen LogP contribution < -0.4 is 5.73 Å². The number of nitrogens with zero attached hydrogens (tertiary/aromatic N) is 3. The van der Waals surface area contributed by atoms with E-state index in [1.165, 1.54) is 0 Å². The SMILES string of the molecule is CCCc1c(N)nnn1Cc1cc(Cl)ccc1Cl. The van der Waals surface area contributed by atoms with E-state index >= 15 is 0 Å². The second-order valence-corrected chi connectivity index (χ2v) is 4.91. The van der Waals surface area contributed by atoms with Crippen LogP contribution in [0.4, 0.5) is 5.82 Å². The molecule has 96 valence electrons. The summed E-state index contributed by atoms with van der Waals surface area (Å²) in [4.78, 5) is 0. The van der Waals surface area contributed by atoms with Crippen LogP contribution in [-0.2, 0) is 13.0 Å². The maximum Gasteiger partial charge on any atom is 0.169 e. The van der Waals surface area contributed by atoms with Gasteiger partial charge in [0.2, 0.25) is 0 Å². The van der Waals surface area contributed by atoms with Gasteiger partial charge in [-0.3, -0.25) is 0 Å². The third-order valence-corrected chi connectivity index (χ3v) is 3.29. The average Bonchev–Trinajstić information content (AvgIpc) is 2.67. The van der Waals surface area contributed by atoms with Crippen LogP contribution >= 0.6 is 23.2 Å². The Kier molecular flexibility index (Phi) is 4.09. The predicted molar refractivity (Wildman–Crippen MR) is 74.0 cm³/mol. The maximum atomic E-state index is 6.13. The molecular weight excluding hydrogens is 271 g/mol. The zero-order valence-corrected chi connectivity index (χ0v) is 11.5. The van der Waals surface area contributed by atoms with E-state index in [0.29, 0.717) is 22.4 Å². The van der Waals surface area contributed by atoms with Crippen molar-refractivity contribution in [2.45, 2.75) is 26.3 Å². The molecule has 0 saturated carbocycles. The molecule has 0 spiro atoms. The first-order valence-electron chi connectivity index (χ1n) is 5.73. The predicted octanol–water partition coefficient (Wildman–Crippen LogP) is 3.17. The van der Waals surface area contributed by atoms with Gasteiger partial charge < -0.3 is 5.73 Å². The lowest BCUT2D eigenvalue weighted by Crippen LogP contribution is -2.07. The molecule has 2 N–H and O–H groups in total. The topological polar surface area (TPSA) is 56.7 Å². The molecule has 0 atom stereocenters. The van der Waals surface area contributed by atoms with Crippen molar-refractivity contribution in [1.82, 2.24) is 15.0 Å². The van der Waals surface area contributed by atoms with Gasteiger partial charge in [0.05, 0.1) is 12.2 Å². The van der Waals surface area contributed by atoms with E-state index in [-0.39, 0.29) is 0 Å². The second-order valence-electron chi connectivity index (χ2n) is 4.06. The monoisotopic (exact) mass is 284 g/mol. The second kappa shape index (κ2) is 5.59. The number of anilines is 1. The Balaban J connectivity index is 2.31. The highest BCUT2D eigenvalue weighted by atomic mass is 35.5. The minimum Gasteiger partial charge on any atom is -0.381 e. The van der Waals surface area contributed by atoms with E-state index in [0.717, 1.165) is 24.1 Å². The van der Waals surface area contributed by atoms with Crippen molar-refractivity contribution in [1.29, 1.82) is 0 Å². The van der Waals surface area contributed by atoms with E-state index in [2.05, 4.69) is 17.2 Å². The fourth-order valence-electron chi connectivity index (χ4n) is 1.79. The standard InChI is InChI=1S/C12H14Cl2N4/c1-2-3-11-12(15)16-17-18(11)7-8-6-9(13)4-5-10(8)14/h4-6H,2-3,7,15H2,1H3. The van der Waals surface area contributed by atoms with Crippen LogP contribution in [-0.4, -0.2) is 15.0 Å².